The number of carbonyl (C=O) groups excluding carboxylic acids is 1. The maximum Gasteiger partial charge on any atom is 0.224 e. The van der Waals surface area contributed by atoms with Crippen LogP contribution in [0.2, 0.25) is 0 Å². The van der Waals surface area contributed by atoms with Crippen LogP contribution in [0.3, 0.4) is 0 Å². The molecule has 0 aliphatic heterocycles. The average molecular weight is 288 g/mol. The summed E-state index contributed by atoms with van der Waals surface area (Å²) < 4.78 is 1.62. The molecule has 1 heterocycles. The summed E-state index contributed by atoms with van der Waals surface area (Å²) in [4.78, 5) is 12.0. The highest BCUT2D eigenvalue weighted by Gasteiger charge is 2.11. The SMILES string of the molecule is CCC(CN)CC(=O)Nc1cccc(-n2nnnc2C)c1. The first-order chi connectivity index (χ1) is 10.1. The third-order valence-corrected chi connectivity index (χ3v) is 3.38. The van der Waals surface area contributed by atoms with Gasteiger partial charge in [0.15, 0.2) is 5.82 Å². The van der Waals surface area contributed by atoms with E-state index in [1.807, 2.05) is 38.1 Å². The zero-order chi connectivity index (χ0) is 15.2. The second-order valence-electron chi connectivity index (χ2n) is 4.95. The fourth-order valence-electron chi connectivity index (χ4n) is 2.05. The van der Waals surface area contributed by atoms with Gasteiger partial charge in [-0.05, 0) is 48.0 Å². The number of aryl methyl sites for hydroxylation is 1. The van der Waals surface area contributed by atoms with E-state index in [1.54, 1.807) is 4.68 Å². The van der Waals surface area contributed by atoms with E-state index in [0.29, 0.717) is 18.8 Å². The van der Waals surface area contributed by atoms with Crippen LogP contribution in [0, 0.1) is 12.8 Å². The number of hydrogen-bond donors (Lipinski definition) is 2. The van der Waals surface area contributed by atoms with Crippen LogP contribution in [0.5, 0.6) is 0 Å². The Balaban J connectivity index is 2.08. The number of tetrazole rings is 1. The number of hydrogen-bond acceptors (Lipinski definition) is 5. The van der Waals surface area contributed by atoms with Crippen molar-refractivity contribution in [2.45, 2.75) is 26.7 Å². The van der Waals surface area contributed by atoms with Crippen LogP contribution in [0.4, 0.5) is 5.69 Å². The predicted octanol–water partition coefficient (Wildman–Crippen LogP) is 1.28. The fraction of sp³-hybridized carbons (Fsp3) is 0.429. The Morgan fingerprint density at radius 2 is 2.29 bits per heavy atom. The van der Waals surface area contributed by atoms with Gasteiger partial charge in [0.25, 0.3) is 0 Å². The van der Waals surface area contributed by atoms with Gasteiger partial charge in [-0.3, -0.25) is 4.79 Å². The van der Waals surface area contributed by atoms with Gasteiger partial charge in [-0.1, -0.05) is 19.4 Å². The summed E-state index contributed by atoms with van der Waals surface area (Å²) in [6, 6.07) is 7.41. The Bertz CT molecular complexity index is 605. The number of carbonyl (C=O) groups is 1. The van der Waals surface area contributed by atoms with Crippen LogP contribution >= 0.6 is 0 Å². The first-order valence-corrected chi connectivity index (χ1v) is 6.99. The van der Waals surface area contributed by atoms with Crippen molar-refractivity contribution in [1.82, 2.24) is 20.2 Å². The molecule has 0 saturated carbocycles. The zero-order valence-corrected chi connectivity index (χ0v) is 12.3. The molecule has 1 aromatic carbocycles. The number of rotatable bonds is 6. The Morgan fingerprint density at radius 3 is 2.90 bits per heavy atom. The lowest BCUT2D eigenvalue weighted by Gasteiger charge is -2.12. The largest absolute Gasteiger partial charge is 0.330 e. The normalized spacial score (nSPS) is 12.1. The van der Waals surface area contributed by atoms with Gasteiger partial charge >= 0.3 is 0 Å². The first-order valence-electron chi connectivity index (χ1n) is 6.99. The molecule has 21 heavy (non-hydrogen) atoms. The summed E-state index contributed by atoms with van der Waals surface area (Å²) in [5, 5.41) is 14.3. The molecular formula is C14H20N6O. The first kappa shape index (κ1) is 15.1. The minimum atomic E-state index is -0.0297. The predicted molar refractivity (Wildman–Crippen MR) is 80.0 cm³/mol. The number of aromatic nitrogens is 4. The van der Waals surface area contributed by atoms with E-state index in [4.69, 9.17) is 5.73 Å². The molecule has 3 N–H and O–H groups in total. The molecule has 2 aromatic rings. The number of nitrogens with two attached hydrogens (primary N) is 1. The maximum absolute atomic E-state index is 12.0. The molecule has 7 nitrogen and oxygen atoms in total. The lowest BCUT2D eigenvalue weighted by atomic mass is 10.0. The molecule has 1 unspecified atom stereocenters. The van der Waals surface area contributed by atoms with Crippen LogP contribution in [-0.2, 0) is 4.79 Å². The van der Waals surface area contributed by atoms with Crippen molar-refractivity contribution in [3.63, 3.8) is 0 Å². The molecule has 112 valence electrons. The number of nitrogens with one attached hydrogen (secondary N) is 1. The quantitative estimate of drug-likeness (QED) is 0.834. The third-order valence-electron chi connectivity index (χ3n) is 3.38. The number of nitrogens with zero attached hydrogens (tertiary/aromatic N) is 4. The summed E-state index contributed by atoms with van der Waals surface area (Å²) >= 11 is 0. The molecule has 0 bridgehead atoms. The monoisotopic (exact) mass is 288 g/mol. The summed E-state index contributed by atoms with van der Waals surface area (Å²) in [6.07, 6.45) is 1.33. The van der Waals surface area contributed by atoms with Crippen LogP contribution < -0.4 is 11.1 Å². The molecule has 0 radical (unpaired) electrons. The minimum Gasteiger partial charge on any atom is -0.330 e. The standard InChI is InChI=1S/C14H20N6O/c1-3-11(9-15)7-14(21)16-12-5-4-6-13(8-12)20-10(2)17-18-19-20/h4-6,8,11H,3,7,9,15H2,1-2H3,(H,16,21). The van der Waals surface area contributed by atoms with E-state index in [9.17, 15) is 4.79 Å². The highest BCUT2D eigenvalue weighted by Crippen LogP contribution is 2.16. The van der Waals surface area contributed by atoms with Crippen molar-refractivity contribution in [3.8, 4) is 5.69 Å². The van der Waals surface area contributed by atoms with Crippen LogP contribution in [0.25, 0.3) is 5.69 Å². The summed E-state index contributed by atoms with van der Waals surface area (Å²) in [5.74, 6) is 0.875. The Kier molecular flexibility index (Phi) is 4.99. The molecule has 0 aliphatic rings. The van der Waals surface area contributed by atoms with E-state index in [0.717, 1.165) is 17.8 Å². The maximum atomic E-state index is 12.0. The molecule has 7 heteroatoms. The minimum absolute atomic E-state index is 0.0297. The van der Waals surface area contributed by atoms with Crippen LogP contribution in [0.15, 0.2) is 24.3 Å². The van der Waals surface area contributed by atoms with Gasteiger partial charge in [0.1, 0.15) is 0 Å². The van der Waals surface area contributed by atoms with Gasteiger partial charge in [0, 0.05) is 12.1 Å². The van der Waals surface area contributed by atoms with E-state index >= 15 is 0 Å². The number of anilines is 1. The van der Waals surface area contributed by atoms with Gasteiger partial charge in [-0.25, -0.2) is 0 Å². The number of amides is 1. The smallest absolute Gasteiger partial charge is 0.224 e. The summed E-state index contributed by atoms with van der Waals surface area (Å²) in [7, 11) is 0. The van der Waals surface area contributed by atoms with E-state index in [1.165, 1.54) is 0 Å². The molecule has 0 spiro atoms. The van der Waals surface area contributed by atoms with Crippen molar-refractivity contribution in [2.75, 3.05) is 11.9 Å². The van der Waals surface area contributed by atoms with Gasteiger partial charge in [-0.15, -0.1) is 5.10 Å². The van der Waals surface area contributed by atoms with Gasteiger partial charge in [-0.2, -0.15) is 4.68 Å². The molecular weight excluding hydrogens is 268 g/mol. The highest BCUT2D eigenvalue weighted by molar-refractivity contribution is 5.91. The van der Waals surface area contributed by atoms with Crippen LogP contribution in [-0.4, -0.2) is 32.7 Å². The fourth-order valence-corrected chi connectivity index (χ4v) is 2.05. The second kappa shape index (κ2) is 6.94. The van der Waals surface area contributed by atoms with Gasteiger partial charge in [0.05, 0.1) is 5.69 Å². The van der Waals surface area contributed by atoms with Crippen molar-refractivity contribution < 1.29 is 4.79 Å². The average Bonchev–Trinajstić information content (AvgIpc) is 2.91. The summed E-state index contributed by atoms with van der Waals surface area (Å²) in [5.41, 5.74) is 7.15. The van der Waals surface area contributed by atoms with Crippen LogP contribution in [0.1, 0.15) is 25.6 Å². The molecule has 2 rings (SSSR count). The lowest BCUT2D eigenvalue weighted by molar-refractivity contribution is -0.117. The van der Waals surface area contributed by atoms with Crippen molar-refractivity contribution in [2.24, 2.45) is 11.7 Å². The third kappa shape index (κ3) is 3.85. The second-order valence-corrected chi connectivity index (χ2v) is 4.95. The van der Waals surface area contributed by atoms with Crippen molar-refractivity contribution >= 4 is 11.6 Å². The molecule has 1 atom stereocenters. The molecule has 0 fully saturated rings. The Hall–Kier alpha value is -2.28. The Labute approximate surface area is 123 Å². The topological polar surface area (TPSA) is 98.7 Å². The molecule has 1 aromatic heterocycles. The lowest BCUT2D eigenvalue weighted by Crippen LogP contribution is -2.21. The highest BCUT2D eigenvalue weighted by atomic mass is 16.1. The molecule has 1 amide bonds. The van der Waals surface area contributed by atoms with E-state index < -0.39 is 0 Å². The van der Waals surface area contributed by atoms with Crippen molar-refractivity contribution in [1.29, 1.82) is 0 Å². The van der Waals surface area contributed by atoms with Crippen molar-refractivity contribution in [3.05, 3.63) is 30.1 Å². The van der Waals surface area contributed by atoms with Gasteiger partial charge in [0.2, 0.25) is 5.91 Å². The number of benzene rings is 1. The zero-order valence-electron chi connectivity index (χ0n) is 12.3. The van der Waals surface area contributed by atoms with E-state index in [2.05, 4.69) is 20.8 Å². The summed E-state index contributed by atoms with van der Waals surface area (Å²) in [6.45, 7) is 4.37. The molecule has 0 aliphatic carbocycles. The van der Waals surface area contributed by atoms with E-state index in [-0.39, 0.29) is 11.8 Å². The molecule has 0 saturated heterocycles. The Morgan fingerprint density at radius 1 is 1.48 bits per heavy atom. The van der Waals surface area contributed by atoms with Gasteiger partial charge < -0.3 is 11.1 Å².